The zero-order chi connectivity index (χ0) is 13.4. The second-order valence-corrected chi connectivity index (χ2v) is 3.96. The summed E-state index contributed by atoms with van der Waals surface area (Å²) in [4.78, 5) is 24.3. The van der Waals surface area contributed by atoms with E-state index in [9.17, 15) is 9.59 Å². The predicted molar refractivity (Wildman–Crippen MR) is 70.5 cm³/mol. The van der Waals surface area contributed by atoms with E-state index in [1.54, 1.807) is 17.9 Å². The lowest BCUT2D eigenvalue weighted by molar-refractivity contribution is -0.127. The maximum Gasteiger partial charge on any atom is 0.246 e. The number of hydrogen-bond donors (Lipinski definition) is 1. The highest BCUT2D eigenvalue weighted by Crippen LogP contribution is 2.06. The molecular weight excluding hydrogens is 228 g/mol. The largest absolute Gasteiger partial charge is 0.370 e. The minimum Gasteiger partial charge on any atom is -0.370 e. The number of amides is 2. The molecule has 0 aliphatic rings. The van der Waals surface area contributed by atoms with Crippen molar-refractivity contribution in [3.05, 3.63) is 48.0 Å². The van der Waals surface area contributed by atoms with Crippen LogP contribution in [0.3, 0.4) is 0 Å². The molecule has 0 aliphatic carbocycles. The normalized spacial score (nSPS) is 10.5. The van der Waals surface area contributed by atoms with E-state index in [1.165, 1.54) is 6.08 Å². The minimum absolute atomic E-state index is 0.109. The van der Waals surface area contributed by atoms with Crippen molar-refractivity contribution in [2.45, 2.75) is 19.9 Å². The molecule has 0 saturated carbocycles. The molecule has 0 radical (unpaired) electrons. The van der Waals surface area contributed by atoms with Gasteiger partial charge in [-0.15, -0.1) is 0 Å². The molecule has 2 amide bonds. The van der Waals surface area contributed by atoms with Crippen LogP contribution < -0.4 is 5.73 Å². The van der Waals surface area contributed by atoms with Crippen LogP contribution in [0.1, 0.15) is 18.9 Å². The molecule has 1 aromatic carbocycles. The van der Waals surface area contributed by atoms with Gasteiger partial charge in [0.25, 0.3) is 0 Å². The molecular formula is C14H18N2O2. The third-order valence-corrected chi connectivity index (χ3v) is 2.47. The van der Waals surface area contributed by atoms with Gasteiger partial charge in [-0.25, -0.2) is 0 Å². The Morgan fingerprint density at radius 2 is 1.94 bits per heavy atom. The number of nitrogens with two attached hydrogens (primary N) is 1. The van der Waals surface area contributed by atoms with E-state index in [2.05, 4.69) is 0 Å². The number of hydrogen-bond acceptors (Lipinski definition) is 2. The highest BCUT2D eigenvalue weighted by Gasteiger charge is 2.11. The fourth-order valence-electron chi connectivity index (χ4n) is 1.56. The smallest absolute Gasteiger partial charge is 0.246 e. The molecule has 0 unspecified atom stereocenters. The molecule has 96 valence electrons. The van der Waals surface area contributed by atoms with Crippen LogP contribution in [0.5, 0.6) is 0 Å². The Bertz CT molecular complexity index is 427. The zero-order valence-corrected chi connectivity index (χ0v) is 10.5. The molecule has 4 nitrogen and oxygen atoms in total. The van der Waals surface area contributed by atoms with E-state index < -0.39 is 5.91 Å². The molecule has 0 spiro atoms. The van der Waals surface area contributed by atoms with Gasteiger partial charge in [0.1, 0.15) is 0 Å². The summed E-state index contributed by atoms with van der Waals surface area (Å²) in [6.45, 7) is 2.61. The van der Waals surface area contributed by atoms with Crippen LogP contribution in [0.4, 0.5) is 0 Å². The maximum atomic E-state index is 11.8. The quantitative estimate of drug-likeness (QED) is 0.772. The molecule has 0 aliphatic heterocycles. The number of carbonyl (C=O) groups is 2. The van der Waals surface area contributed by atoms with Gasteiger partial charge in [-0.2, -0.15) is 0 Å². The Kier molecular flexibility index (Phi) is 5.64. The highest BCUT2D eigenvalue weighted by molar-refractivity contribution is 5.87. The monoisotopic (exact) mass is 246 g/mol. The summed E-state index contributed by atoms with van der Waals surface area (Å²) >= 11 is 0. The van der Waals surface area contributed by atoms with E-state index >= 15 is 0 Å². The van der Waals surface area contributed by atoms with Crippen molar-refractivity contribution in [2.75, 3.05) is 6.54 Å². The molecule has 0 atom stereocenters. The minimum atomic E-state index is -0.402. The highest BCUT2D eigenvalue weighted by atomic mass is 16.2. The summed E-state index contributed by atoms with van der Waals surface area (Å²) in [5.41, 5.74) is 6.14. The van der Waals surface area contributed by atoms with Gasteiger partial charge < -0.3 is 10.6 Å². The first-order valence-electron chi connectivity index (χ1n) is 5.87. The number of allylic oxidation sites excluding steroid dienone is 1. The van der Waals surface area contributed by atoms with Gasteiger partial charge in [0, 0.05) is 19.5 Å². The topological polar surface area (TPSA) is 63.4 Å². The van der Waals surface area contributed by atoms with Crippen LogP contribution in [0.15, 0.2) is 42.5 Å². The fraction of sp³-hybridized carbons (Fsp3) is 0.286. The Labute approximate surface area is 107 Å². The molecule has 2 N–H and O–H groups in total. The van der Waals surface area contributed by atoms with Gasteiger partial charge in [0.15, 0.2) is 0 Å². The van der Waals surface area contributed by atoms with Gasteiger partial charge in [-0.3, -0.25) is 9.59 Å². The molecule has 18 heavy (non-hydrogen) atoms. The third kappa shape index (κ3) is 4.82. The molecule has 0 bridgehead atoms. The molecule has 4 heteroatoms. The molecule has 0 fully saturated rings. The number of carbonyl (C=O) groups excluding carboxylic acids is 2. The Morgan fingerprint density at radius 1 is 1.28 bits per heavy atom. The molecule has 0 heterocycles. The number of nitrogens with zero attached hydrogens (tertiary/aromatic N) is 1. The predicted octanol–water partition coefficient (Wildman–Crippen LogP) is 1.47. The van der Waals surface area contributed by atoms with Crippen molar-refractivity contribution in [3.8, 4) is 0 Å². The number of primary amides is 1. The second kappa shape index (κ2) is 7.27. The Morgan fingerprint density at radius 3 is 2.50 bits per heavy atom. The van der Waals surface area contributed by atoms with E-state index in [0.29, 0.717) is 13.1 Å². The first-order valence-corrected chi connectivity index (χ1v) is 5.87. The van der Waals surface area contributed by atoms with Crippen molar-refractivity contribution in [1.82, 2.24) is 4.90 Å². The molecule has 1 aromatic rings. The lowest BCUT2D eigenvalue weighted by Crippen LogP contribution is -2.32. The Balaban J connectivity index is 2.71. The summed E-state index contributed by atoms with van der Waals surface area (Å²) < 4.78 is 0. The van der Waals surface area contributed by atoms with Crippen LogP contribution in [-0.2, 0) is 16.1 Å². The summed E-state index contributed by atoms with van der Waals surface area (Å²) in [5.74, 6) is -0.510. The van der Waals surface area contributed by atoms with Crippen LogP contribution in [0.2, 0.25) is 0 Å². The van der Waals surface area contributed by atoms with Crippen LogP contribution in [-0.4, -0.2) is 23.3 Å². The molecule has 0 aromatic heterocycles. The summed E-state index contributed by atoms with van der Waals surface area (Å²) in [6.07, 6.45) is 3.35. The standard InChI is InChI=1S/C14H18N2O2/c1-2-6-14(18)16(10-9-13(15)17)11-12-7-4-3-5-8-12/h2-8H,9-11H2,1H3,(H2,15,17). The van der Waals surface area contributed by atoms with E-state index in [4.69, 9.17) is 5.73 Å². The number of benzene rings is 1. The van der Waals surface area contributed by atoms with Gasteiger partial charge >= 0.3 is 0 Å². The lowest BCUT2D eigenvalue weighted by Gasteiger charge is -2.20. The second-order valence-electron chi connectivity index (χ2n) is 3.96. The van der Waals surface area contributed by atoms with Crippen molar-refractivity contribution >= 4 is 11.8 Å². The van der Waals surface area contributed by atoms with Crippen LogP contribution in [0, 0.1) is 0 Å². The van der Waals surface area contributed by atoms with Gasteiger partial charge in [-0.05, 0) is 18.6 Å². The lowest BCUT2D eigenvalue weighted by atomic mass is 10.2. The van der Waals surface area contributed by atoms with Crippen molar-refractivity contribution in [1.29, 1.82) is 0 Å². The maximum absolute atomic E-state index is 11.8. The fourth-order valence-corrected chi connectivity index (χ4v) is 1.56. The van der Waals surface area contributed by atoms with Crippen molar-refractivity contribution < 1.29 is 9.59 Å². The summed E-state index contributed by atoms with van der Waals surface area (Å²) in [5, 5.41) is 0. The van der Waals surface area contributed by atoms with Crippen LogP contribution in [0.25, 0.3) is 0 Å². The zero-order valence-electron chi connectivity index (χ0n) is 10.5. The van der Waals surface area contributed by atoms with E-state index in [1.807, 2.05) is 30.3 Å². The average Bonchev–Trinajstić information content (AvgIpc) is 2.35. The Hall–Kier alpha value is -2.10. The number of rotatable bonds is 6. The van der Waals surface area contributed by atoms with Crippen LogP contribution >= 0.6 is 0 Å². The molecule has 1 rings (SSSR count). The van der Waals surface area contributed by atoms with Gasteiger partial charge in [0.05, 0.1) is 0 Å². The summed E-state index contributed by atoms with van der Waals surface area (Å²) in [6, 6.07) is 9.65. The van der Waals surface area contributed by atoms with E-state index in [-0.39, 0.29) is 12.3 Å². The van der Waals surface area contributed by atoms with Crippen molar-refractivity contribution in [3.63, 3.8) is 0 Å². The van der Waals surface area contributed by atoms with E-state index in [0.717, 1.165) is 5.56 Å². The van der Waals surface area contributed by atoms with Gasteiger partial charge in [0.2, 0.25) is 11.8 Å². The third-order valence-electron chi connectivity index (χ3n) is 2.47. The van der Waals surface area contributed by atoms with Crippen molar-refractivity contribution in [2.24, 2.45) is 5.73 Å². The average molecular weight is 246 g/mol. The summed E-state index contributed by atoms with van der Waals surface area (Å²) in [7, 11) is 0. The SMILES string of the molecule is CC=CC(=O)N(CCC(N)=O)Cc1ccccc1. The molecule has 0 saturated heterocycles. The first kappa shape index (κ1) is 14.0. The first-order chi connectivity index (χ1) is 8.63. The van der Waals surface area contributed by atoms with Gasteiger partial charge in [-0.1, -0.05) is 36.4 Å².